The number of hydrogen-bond donors (Lipinski definition) is 1. The van der Waals surface area contributed by atoms with Gasteiger partial charge < -0.3 is 0 Å². The minimum atomic E-state index is -0.380. The van der Waals surface area contributed by atoms with Crippen LogP contribution in [0.4, 0.5) is 4.39 Å². The molecule has 2 rings (SSSR count). The maximum Gasteiger partial charge on any atom is 0.265 e. The molecule has 1 atom stereocenters. The number of likely N-dealkylation sites (N-methyl/N-ethyl adjacent to an activating group) is 1. The molecule has 4 nitrogen and oxygen atoms in total. The van der Waals surface area contributed by atoms with Crippen molar-refractivity contribution in [3.8, 4) is 0 Å². The molecule has 0 radical (unpaired) electrons. The number of hydroxylamine groups is 2. The Labute approximate surface area is 99.3 Å². The average Bonchev–Trinajstić information content (AvgIpc) is 2.69. The van der Waals surface area contributed by atoms with Gasteiger partial charge in [-0.3, -0.25) is 14.9 Å². The highest BCUT2D eigenvalue weighted by molar-refractivity contribution is 5.82. The van der Waals surface area contributed by atoms with Gasteiger partial charge in [0.2, 0.25) is 0 Å². The first-order valence-electron chi connectivity index (χ1n) is 5.63. The van der Waals surface area contributed by atoms with E-state index in [0.29, 0.717) is 25.3 Å². The quantitative estimate of drug-likeness (QED) is 0.853. The Hall–Kier alpha value is -1.46. The van der Waals surface area contributed by atoms with Gasteiger partial charge >= 0.3 is 0 Å². The van der Waals surface area contributed by atoms with Crippen molar-refractivity contribution in [1.29, 1.82) is 0 Å². The Balaban J connectivity index is 1.91. The van der Waals surface area contributed by atoms with Crippen molar-refractivity contribution in [3.05, 3.63) is 35.6 Å². The van der Waals surface area contributed by atoms with Crippen molar-refractivity contribution in [1.82, 2.24) is 10.4 Å². The van der Waals surface area contributed by atoms with Crippen LogP contribution in [-0.4, -0.2) is 30.2 Å². The van der Waals surface area contributed by atoms with Gasteiger partial charge in [0.1, 0.15) is 11.9 Å². The zero-order valence-electron chi connectivity index (χ0n) is 9.65. The molecule has 92 valence electrons. The first kappa shape index (κ1) is 12.0. The predicted octanol–water partition coefficient (Wildman–Crippen LogP) is 1.08. The van der Waals surface area contributed by atoms with Crippen LogP contribution in [0.15, 0.2) is 24.3 Å². The van der Waals surface area contributed by atoms with E-state index in [1.165, 1.54) is 11.1 Å². The van der Waals surface area contributed by atoms with Crippen LogP contribution < -0.4 is 5.32 Å². The SMILES string of the molecule is CCN1OCC(NCc2ccccc2F)C1=O. The number of carbonyl (C=O) groups is 1. The molecule has 1 fully saturated rings. The van der Waals surface area contributed by atoms with Gasteiger partial charge in [0.05, 0.1) is 6.61 Å². The molecule has 0 aliphatic carbocycles. The molecule has 17 heavy (non-hydrogen) atoms. The molecular weight excluding hydrogens is 223 g/mol. The molecule has 1 N–H and O–H groups in total. The third kappa shape index (κ3) is 2.62. The fourth-order valence-electron chi connectivity index (χ4n) is 1.74. The summed E-state index contributed by atoms with van der Waals surface area (Å²) in [6.45, 7) is 3.00. The fourth-order valence-corrected chi connectivity index (χ4v) is 1.74. The number of rotatable bonds is 4. The molecule has 1 aromatic rings. The van der Waals surface area contributed by atoms with Crippen LogP contribution in [0.3, 0.4) is 0 Å². The lowest BCUT2D eigenvalue weighted by Gasteiger charge is -2.12. The first-order valence-corrected chi connectivity index (χ1v) is 5.63. The van der Waals surface area contributed by atoms with E-state index in [4.69, 9.17) is 4.84 Å². The number of halogens is 1. The second kappa shape index (κ2) is 5.25. The smallest absolute Gasteiger partial charge is 0.265 e. The molecule has 1 heterocycles. The van der Waals surface area contributed by atoms with Crippen molar-refractivity contribution >= 4 is 5.91 Å². The molecular formula is C12H15FN2O2. The molecule has 1 amide bonds. The highest BCUT2D eigenvalue weighted by Gasteiger charge is 2.31. The van der Waals surface area contributed by atoms with Crippen molar-refractivity contribution in [2.45, 2.75) is 19.5 Å². The molecule has 1 aliphatic heterocycles. The lowest BCUT2D eigenvalue weighted by molar-refractivity contribution is -0.160. The minimum Gasteiger partial charge on any atom is -0.300 e. The molecule has 1 aliphatic rings. The van der Waals surface area contributed by atoms with Crippen molar-refractivity contribution in [3.63, 3.8) is 0 Å². The van der Waals surface area contributed by atoms with E-state index in [1.54, 1.807) is 18.2 Å². The largest absolute Gasteiger partial charge is 0.300 e. The van der Waals surface area contributed by atoms with E-state index in [1.807, 2.05) is 6.92 Å². The Morgan fingerprint density at radius 1 is 1.53 bits per heavy atom. The van der Waals surface area contributed by atoms with Crippen LogP contribution >= 0.6 is 0 Å². The van der Waals surface area contributed by atoms with Crippen molar-refractivity contribution in [2.24, 2.45) is 0 Å². The maximum absolute atomic E-state index is 13.3. The number of carbonyl (C=O) groups excluding carboxylic acids is 1. The van der Waals surface area contributed by atoms with Gasteiger partial charge in [-0.15, -0.1) is 0 Å². The number of nitrogens with zero attached hydrogens (tertiary/aromatic N) is 1. The Kier molecular flexibility index (Phi) is 3.71. The zero-order chi connectivity index (χ0) is 12.3. The molecule has 0 spiro atoms. The first-order chi connectivity index (χ1) is 8.22. The topological polar surface area (TPSA) is 41.6 Å². The number of benzene rings is 1. The third-order valence-corrected chi connectivity index (χ3v) is 2.72. The number of amides is 1. The lowest BCUT2D eigenvalue weighted by Crippen LogP contribution is -2.39. The van der Waals surface area contributed by atoms with Crippen LogP contribution in [0.1, 0.15) is 12.5 Å². The average molecular weight is 238 g/mol. The van der Waals surface area contributed by atoms with Crippen molar-refractivity contribution in [2.75, 3.05) is 13.2 Å². The summed E-state index contributed by atoms with van der Waals surface area (Å²) in [5.74, 6) is -0.359. The summed E-state index contributed by atoms with van der Waals surface area (Å²) in [6.07, 6.45) is 0. The second-order valence-electron chi connectivity index (χ2n) is 3.85. The molecule has 1 saturated heterocycles. The minimum absolute atomic E-state index is 0.0937. The lowest BCUT2D eigenvalue weighted by atomic mass is 10.2. The molecule has 0 bridgehead atoms. The summed E-state index contributed by atoms with van der Waals surface area (Å²) in [5.41, 5.74) is 0.551. The maximum atomic E-state index is 13.3. The van der Waals surface area contributed by atoms with E-state index >= 15 is 0 Å². The molecule has 1 unspecified atom stereocenters. The number of nitrogens with one attached hydrogen (secondary N) is 1. The van der Waals surface area contributed by atoms with Gasteiger partial charge in [0, 0.05) is 18.7 Å². The normalized spacial score (nSPS) is 20.0. The summed E-state index contributed by atoms with van der Waals surface area (Å²) in [6, 6.07) is 6.13. The molecule has 5 heteroatoms. The molecule has 0 aromatic heterocycles. The van der Waals surface area contributed by atoms with E-state index in [-0.39, 0.29) is 17.8 Å². The summed E-state index contributed by atoms with van der Waals surface area (Å²) in [5, 5.41) is 4.32. The van der Waals surface area contributed by atoms with Gasteiger partial charge in [0.25, 0.3) is 5.91 Å². The zero-order valence-corrected chi connectivity index (χ0v) is 9.65. The highest BCUT2D eigenvalue weighted by Crippen LogP contribution is 2.10. The summed E-state index contributed by atoms with van der Waals surface area (Å²) in [4.78, 5) is 16.9. The number of hydrogen-bond acceptors (Lipinski definition) is 3. The van der Waals surface area contributed by atoms with Gasteiger partial charge in [-0.2, -0.15) is 0 Å². The van der Waals surface area contributed by atoms with E-state index in [9.17, 15) is 9.18 Å². The third-order valence-electron chi connectivity index (χ3n) is 2.72. The summed E-state index contributed by atoms with van der Waals surface area (Å²) >= 11 is 0. The van der Waals surface area contributed by atoms with Crippen LogP contribution in [0.2, 0.25) is 0 Å². The highest BCUT2D eigenvalue weighted by atomic mass is 19.1. The van der Waals surface area contributed by atoms with Crippen LogP contribution in [-0.2, 0) is 16.2 Å². The molecule has 1 aromatic carbocycles. The van der Waals surface area contributed by atoms with Gasteiger partial charge in [-0.05, 0) is 13.0 Å². The second-order valence-corrected chi connectivity index (χ2v) is 3.85. The predicted molar refractivity (Wildman–Crippen MR) is 60.4 cm³/mol. The van der Waals surface area contributed by atoms with Crippen LogP contribution in [0, 0.1) is 5.82 Å². The van der Waals surface area contributed by atoms with Crippen LogP contribution in [0.5, 0.6) is 0 Å². The van der Waals surface area contributed by atoms with Crippen molar-refractivity contribution < 1.29 is 14.0 Å². The van der Waals surface area contributed by atoms with Gasteiger partial charge in [-0.25, -0.2) is 9.45 Å². The standard InChI is InChI=1S/C12H15FN2O2/c1-2-15-12(16)11(8-17-15)14-7-9-5-3-4-6-10(9)13/h3-6,11,14H,2,7-8H2,1H3. The van der Waals surface area contributed by atoms with E-state index in [0.717, 1.165) is 0 Å². The Bertz CT molecular complexity index is 411. The monoisotopic (exact) mass is 238 g/mol. The molecule has 0 saturated carbocycles. The summed E-state index contributed by atoms with van der Waals surface area (Å²) in [7, 11) is 0. The summed E-state index contributed by atoms with van der Waals surface area (Å²) < 4.78 is 13.3. The Morgan fingerprint density at radius 2 is 2.29 bits per heavy atom. The van der Waals surface area contributed by atoms with Gasteiger partial charge in [0.15, 0.2) is 0 Å². The van der Waals surface area contributed by atoms with Gasteiger partial charge in [-0.1, -0.05) is 18.2 Å². The van der Waals surface area contributed by atoms with Crippen LogP contribution in [0.25, 0.3) is 0 Å². The van der Waals surface area contributed by atoms with E-state index in [2.05, 4.69) is 5.32 Å². The fraction of sp³-hybridized carbons (Fsp3) is 0.417. The van der Waals surface area contributed by atoms with E-state index < -0.39 is 0 Å². The Morgan fingerprint density at radius 3 is 2.94 bits per heavy atom.